The molecule has 0 saturated carbocycles. The molecule has 8 nitrogen and oxygen atoms in total. The molecule has 2 saturated heterocycles. The molecule has 0 spiro atoms. The maximum atomic E-state index is 11.7. The molecule has 148 valence electrons. The van der Waals surface area contributed by atoms with Crippen LogP contribution < -0.4 is 0 Å². The maximum absolute atomic E-state index is 11.7. The Balaban J connectivity index is 1.87. The number of ether oxygens (including phenoxy) is 6. The molecule has 0 bridgehead atoms. The Morgan fingerprint density at radius 1 is 1.11 bits per heavy atom. The van der Waals surface area contributed by atoms with Crippen molar-refractivity contribution in [2.24, 2.45) is 0 Å². The molecule has 0 unspecified atom stereocenters. The van der Waals surface area contributed by atoms with E-state index < -0.39 is 48.9 Å². The van der Waals surface area contributed by atoms with Crippen LogP contribution in [0.3, 0.4) is 0 Å². The highest BCUT2D eigenvalue weighted by Gasteiger charge is 2.53. The van der Waals surface area contributed by atoms with Gasteiger partial charge in [-0.1, -0.05) is 23.7 Å². The van der Waals surface area contributed by atoms with Crippen LogP contribution in [0.2, 0.25) is 5.02 Å². The molecule has 1 aromatic carbocycles. The number of methoxy groups -OCH3 is 1. The van der Waals surface area contributed by atoms with Gasteiger partial charge < -0.3 is 28.4 Å². The van der Waals surface area contributed by atoms with E-state index in [0.717, 1.165) is 0 Å². The minimum Gasteiger partial charge on any atom is -0.455 e. The van der Waals surface area contributed by atoms with Gasteiger partial charge in [-0.2, -0.15) is 0 Å². The molecule has 3 rings (SSSR count). The third-order valence-corrected chi connectivity index (χ3v) is 4.48. The fourth-order valence-electron chi connectivity index (χ4n) is 3.20. The van der Waals surface area contributed by atoms with Gasteiger partial charge in [-0.15, -0.1) is 0 Å². The second kappa shape index (κ2) is 8.53. The predicted octanol–water partition coefficient (Wildman–Crippen LogP) is 1.99. The summed E-state index contributed by atoms with van der Waals surface area (Å²) in [6.45, 7) is 2.69. The molecule has 1 aromatic rings. The quantitative estimate of drug-likeness (QED) is 0.709. The lowest BCUT2D eigenvalue weighted by Gasteiger charge is -2.47. The minimum absolute atomic E-state index is 0.173. The van der Waals surface area contributed by atoms with Crippen molar-refractivity contribution in [2.75, 3.05) is 13.7 Å². The van der Waals surface area contributed by atoms with Crippen LogP contribution in [-0.2, 0) is 38.0 Å². The van der Waals surface area contributed by atoms with Gasteiger partial charge in [0.15, 0.2) is 24.8 Å². The van der Waals surface area contributed by atoms with E-state index in [0.29, 0.717) is 10.6 Å². The summed E-state index contributed by atoms with van der Waals surface area (Å²) in [5.41, 5.74) is 0.709. The van der Waals surface area contributed by atoms with E-state index in [1.54, 1.807) is 18.2 Å². The smallest absolute Gasteiger partial charge is 0.303 e. The van der Waals surface area contributed by atoms with Crippen molar-refractivity contribution in [3.8, 4) is 0 Å². The average Bonchev–Trinajstić information content (AvgIpc) is 2.62. The zero-order chi connectivity index (χ0) is 19.6. The summed E-state index contributed by atoms with van der Waals surface area (Å²) >= 11 is 6.04. The van der Waals surface area contributed by atoms with E-state index in [1.165, 1.54) is 21.0 Å². The highest BCUT2D eigenvalue weighted by atomic mass is 35.5. The molecule has 2 aliphatic rings. The first-order valence-electron chi connectivity index (χ1n) is 8.44. The fourth-order valence-corrected chi connectivity index (χ4v) is 3.40. The molecule has 2 fully saturated rings. The van der Waals surface area contributed by atoms with Crippen LogP contribution in [0, 0.1) is 0 Å². The van der Waals surface area contributed by atoms with E-state index in [2.05, 4.69) is 0 Å². The Morgan fingerprint density at radius 3 is 2.44 bits per heavy atom. The summed E-state index contributed by atoms with van der Waals surface area (Å²) in [4.78, 5) is 23.2. The van der Waals surface area contributed by atoms with E-state index in [4.69, 9.17) is 40.0 Å². The first-order chi connectivity index (χ1) is 12.9. The summed E-state index contributed by atoms with van der Waals surface area (Å²) in [5.74, 6) is -1.10. The van der Waals surface area contributed by atoms with Crippen LogP contribution in [0.5, 0.6) is 0 Å². The van der Waals surface area contributed by atoms with Crippen molar-refractivity contribution in [2.45, 2.75) is 50.8 Å². The molecule has 6 atom stereocenters. The molecular formula is C18H21ClO8. The number of fused-ring (bicyclic) bond motifs is 1. The molecule has 0 N–H and O–H groups in total. The highest BCUT2D eigenvalue weighted by Crippen LogP contribution is 2.37. The zero-order valence-corrected chi connectivity index (χ0v) is 15.9. The largest absolute Gasteiger partial charge is 0.455 e. The van der Waals surface area contributed by atoms with E-state index in [-0.39, 0.29) is 6.61 Å². The molecule has 0 aromatic heterocycles. The third kappa shape index (κ3) is 4.59. The molecule has 27 heavy (non-hydrogen) atoms. The summed E-state index contributed by atoms with van der Waals surface area (Å²) < 4.78 is 33.6. The Morgan fingerprint density at radius 2 is 1.81 bits per heavy atom. The minimum atomic E-state index is -0.976. The summed E-state index contributed by atoms with van der Waals surface area (Å²) in [7, 11) is 1.41. The van der Waals surface area contributed by atoms with E-state index in [1.807, 2.05) is 6.07 Å². The number of halogens is 1. The van der Waals surface area contributed by atoms with E-state index in [9.17, 15) is 9.59 Å². The first kappa shape index (κ1) is 20.0. The molecule has 9 heteroatoms. The Bertz CT molecular complexity index is 696. The lowest BCUT2D eigenvalue weighted by atomic mass is 9.97. The average molecular weight is 401 g/mol. The van der Waals surface area contributed by atoms with Crippen LogP contribution in [0.1, 0.15) is 25.7 Å². The molecule has 0 amide bonds. The molecular weight excluding hydrogens is 380 g/mol. The number of hydrogen-bond donors (Lipinski definition) is 0. The first-order valence-corrected chi connectivity index (χ1v) is 8.82. The summed E-state index contributed by atoms with van der Waals surface area (Å²) in [6, 6.07) is 7.05. The second-order valence-corrected chi connectivity index (χ2v) is 6.68. The lowest BCUT2D eigenvalue weighted by Crippen LogP contribution is -2.64. The van der Waals surface area contributed by atoms with Crippen LogP contribution in [0.25, 0.3) is 0 Å². The maximum Gasteiger partial charge on any atom is 0.303 e. The van der Waals surface area contributed by atoms with Crippen LogP contribution in [0.4, 0.5) is 0 Å². The molecule has 2 heterocycles. The number of benzene rings is 1. The summed E-state index contributed by atoms with van der Waals surface area (Å²) in [6.07, 6.45) is -4.83. The normalized spacial score (nSPS) is 33.0. The number of esters is 2. The van der Waals surface area contributed by atoms with Crippen molar-refractivity contribution >= 4 is 23.5 Å². The Hall–Kier alpha value is -1.71. The van der Waals surface area contributed by atoms with E-state index >= 15 is 0 Å². The van der Waals surface area contributed by atoms with Gasteiger partial charge in [0.1, 0.15) is 12.2 Å². The number of rotatable bonds is 4. The van der Waals surface area contributed by atoms with Gasteiger partial charge in [-0.3, -0.25) is 9.59 Å². The topological polar surface area (TPSA) is 89.5 Å². The molecule has 0 radical (unpaired) electrons. The number of hydrogen-bond acceptors (Lipinski definition) is 8. The monoisotopic (exact) mass is 400 g/mol. The number of carbonyl (C=O) groups excluding carboxylic acids is 2. The van der Waals surface area contributed by atoms with Crippen molar-refractivity contribution < 1.29 is 38.0 Å². The van der Waals surface area contributed by atoms with Crippen molar-refractivity contribution in [3.63, 3.8) is 0 Å². The van der Waals surface area contributed by atoms with Gasteiger partial charge in [0.05, 0.1) is 6.61 Å². The van der Waals surface area contributed by atoms with Gasteiger partial charge >= 0.3 is 11.9 Å². The predicted molar refractivity (Wildman–Crippen MR) is 91.8 cm³/mol. The molecule has 0 aliphatic carbocycles. The Labute approximate surface area is 161 Å². The standard InChI is InChI=1S/C18H21ClO8/c1-9(20)24-15-14-13(26-18(22-3)16(15)25-10(2)21)8-23-17(27-14)11-5-4-6-12(19)7-11/h4-7,13-18H,8H2,1-3H3/t13-,14-,15+,16-,17-,18+/m1/s1. The van der Waals surface area contributed by atoms with Gasteiger partial charge in [-0.25, -0.2) is 0 Å². The van der Waals surface area contributed by atoms with Crippen LogP contribution in [0.15, 0.2) is 24.3 Å². The van der Waals surface area contributed by atoms with Crippen molar-refractivity contribution in [1.82, 2.24) is 0 Å². The van der Waals surface area contributed by atoms with Gasteiger partial charge in [0.25, 0.3) is 0 Å². The van der Waals surface area contributed by atoms with Crippen molar-refractivity contribution in [1.29, 1.82) is 0 Å². The highest BCUT2D eigenvalue weighted by molar-refractivity contribution is 6.30. The van der Waals surface area contributed by atoms with Gasteiger partial charge in [0.2, 0.25) is 0 Å². The zero-order valence-electron chi connectivity index (χ0n) is 15.1. The Kier molecular flexibility index (Phi) is 6.33. The van der Waals surface area contributed by atoms with Gasteiger partial charge in [-0.05, 0) is 12.1 Å². The van der Waals surface area contributed by atoms with Crippen molar-refractivity contribution in [3.05, 3.63) is 34.9 Å². The van der Waals surface area contributed by atoms with Gasteiger partial charge in [0, 0.05) is 31.5 Å². The molecule has 2 aliphatic heterocycles. The second-order valence-electron chi connectivity index (χ2n) is 6.25. The van der Waals surface area contributed by atoms with Crippen LogP contribution >= 0.6 is 11.6 Å². The third-order valence-electron chi connectivity index (χ3n) is 4.24. The lowest BCUT2D eigenvalue weighted by molar-refractivity contribution is -0.359. The SMILES string of the molecule is CO[C@H]1O[C@@H]2CO[C@@H](c3cccc(Cl)c3)O[C@H]2[C@H](OC(C)=O)[C@H]1OC(C)=O. The van der Waals surface area contributed by atoms with Crippen LogP contribution in [-0.4, -0.2) is 56.4 Å². The fraction of sp³-hybridized carbons (Fsp3) is 0.556. The summed E-state index contributed by atoms with van der Waals surface area (Å²) in [5, 5.41) is 0.537. The number of carbonyl (C=O) groups is 2.